The van der Waals surface area contributed by atoms with E-state index in [4.69, 9.17) is 4.74 Å². The summed E-state index contributed by atoms with van der Waals surface area (Å²) in [4.78, 5) is 42.8. The third-order valence-electron chi connectivity index (χ3n) is 8.64. The van der Waals surface area contributed by atoms with Crippen LogP contribution < -0.4 is 20.7 Å². The second-order valence-electron chi connectivity index (χ2n) is 12.6. The second-order valence-corrected chi connectivity index (χ2v) is 12.6. The number of likely N-dealkylation sites (N-methyl/N-ethyl adjacent to an activating group) is 1. The van der Waals surface area contributed by atoms with Crippen molar-refractivity contribution in [2.24, 2.45) is 5.92 Å². The average Bonchev–Trinajstić information content (AvgIpc) is 2.99. The Bertz CT molecular complexity index is 1260. The molecule has 4 rings (SSSR count). The number of halogens is 1. The summed E-state index contributed by atoms with van der Waals surface area (Å²) in [5.74, 6) is -0.892. The standard InChI is InChI=1S/C34H47FN4O5/c1-34(2,43)30-32(41)38-27(22-23-15-17-26(35)18-16-23)31(40)37-19-9-13-24-10-7-8-14-28(24)44-21-20-36-29(33(42)39(30)3)25-11-5-4-6-12-25/h7-8,10,14-18,25,27,29-30,36,43H,4-6,9,11-13,19-22H2,1-3H3,(H,37,40)(H,38,41)/t27-,29+,30-/m1/s1. The number of benzene rings is 2. The minimum atomic E-state index is -1.61. The fourth-order valence-corrected chi connectivity index (χ4v) is 6.40. The number of ether oxygens (including phenoxy) is 1. The molecule has 240 valence electrons. The van der Waals surface area contributed by atoms with E-state index in [1.54, 1.807) is 12.1 Å². The van der Waals surface area contributed by atoms with Gasteiger partial charge >= 0.3 is 0 Å². The maximum atomic E-state index is 14.1. The van der Waals surface area contributed by atoms with Gasteiger partial charge in [0, 0.05) is 26.6 Å². The first kappa shape index (κ1) is 33.4. The van der Waals surface area contributed by atoms with Crippen molar-refractivity contribution in [1.82, 2.24) is 20.9 Å². The highest BCUT2D eigenvalue weighted by Gasteiger charge is 2.43. The molecule has 2 aromatic carbocycles. The molecule has 0 bridgehead atoms. The molecule has 1 aliphatic carbocycles. The average molecular weight is 611 g/mol. The fourth-order valence-electron chi connectivity index (χ4n) is 6.40. The quantitative estimate of drug-likeness (QED) is 0.423. The van der Waals surface area contributed by atoms with Gasteiger partial charge in [-0.05, 0) is 74.8 Å². The van der Waals surface area contributed by atoms with Gasteiger partial charge in [0.1, 0.15) is 30.3 Å². The predicted octanol–water partition coefficient (Wildman–Crippen LogP) is 3.13. The zero-order valence-electron chi connectivity index (χ0n) is 26.1. The molecule has 0 spiro atoms. The summed E-state index contributed by atoms with van der Waals surface area (Å²) in [7, 11) is 1.53. The number of nitrogens with one attached hydrogen (secondary N) is 3. The number of hydrogen-bond donors (Lipinski definition) is 4. The van der Waals surface area contributed by atoms with Crippen LogP contribution in [0, 0.1) is 11.7 Å². The molecule has 1 saturated carbocycles. The molecular weight excluding hydrogens is 563 g/mol. The van der Waals surface area contributed by atoms with Gasteiger partial charge in [-0.2, -0.15) is 0 Å². The molecule has 0 saturated heterocycles. The molecule has 4 N–H and O–H groups in total. The first-order chi connectivity index (χ1) is 21.0. The maximum Gasteiger partial charge on any atom is 0.246 e. The summed E-state index contributed by atoms with van der Waals surface area (Å²) in [5.41, 5.74) is 0.0634. The lowest BCUT2D eigenvalue weighted by Gasteiger charge is -2.40. The van der Waals surface area contributed by atoms with E-state index in [9.17, 15) is 23.9 Å². The number of para-hydroxylation sites is 1. The van der Waals surface area contributed by atoms with E-state index in [1.165, 1.54) is 37.9 Å². The Morgan fingerprint density at radius 1 is 0.955 bits per heavy atom. The van der Waals surface area contributed by atoms with Gasteiger partial charge in [-0.25, -0.2) is 4.39 Å². The molecule has 2 aromatic rings. The van der Waals surface area contributed by atoms with Crippen LogP contribution in [0.1, 0.15) is 63.5 Å². The van der Waals surface area contributed by atoms with Crippen LogP contribution in [0.3, 0.4) is 0 Å². The number of amides is 3. The van der Waals surface area contributed by atoms with Crippen LogP contribution in [0.2, 0.25) is 0 Å². The molecule has 1 fully saturated rings. The van der Waals surface area contributed by atoms with E-state index in [1.807, 2.05) is 24.3 Å². The number of carbonyl (C=O) groups excluding carboxylic acids is 3. The maximum absolute atomic E-state index is 14.1. The van der Waals surface area contributed by atoms with E-state index in [-0.39, 0.29) is 18.2 Å². The van der Waals surface area contributed by atoms with Gasteiger partial charge < -0.3 is 30.7 Å². The molecule has 0 unspecified atom stereocenters. The van der Waals surface area contributed by atoms with Crippen molar-refractivity contribution in [2.45, 2.75) is 88.9 Å². The number of rotatable bonds is 4. The van der Waals surface area contributed by atoms with Crippen LogP contribution in [0.4, 0.5) is 4.39 Å². The number of hydrogen-bond acceptors (Lipinski definition) is 6. The molecule has 0 aromatic heterocycles. The lowest BCUT2D eigenvalue weighted by atomic mass is 9.82. The van der Waals surface area contributed by atoms with Gasteiger partial charge in [-0.3, -0.25) is 14.4 Å². The Hall–Kier alpha value is -3.50. The van der Waals surface area contributed by atoms with E-state index >= 15 is 0 Å². The van der Waals surface area contributed by atoms with E-state index < -0.39 is 41.4 Å². The van der Waals surface area contributed by atoms with Gasteiger partial charge in [0.05, 0.1) is 11.6 Å². The van der Waals surface area contributed by atoms with Gasteiger partial charge in [-0.1, -0.05) is 49.6 Å². The molecule has 3 amide bonds. The zero-order valence-corrected chi connectivity index (χ0v) is 26.1. The number of nitrogens with zero attached hydrogens (tertiary/aromatic N) is 1. The van der Waals surface area contributed by atoms with Gasteiger partial charge in [0.2, 0.25) is 17.7 Å². The third kappa shape index (κ3) is 9.01. The highest BCUT2D eigenvalue weighted by Crippen LogP contribution is 2.29. The van der Waals surface area contributed by atoms with Crippen LogP contribution in [-0.2, 0) is 27.2 Å². The summed E-state index contributed by atoms with van der Waals surface area (Å²) in [5, 5.41) is 20.3. The lowest BCUT2D eigenvalue weighted by Crippen LogP contribution is -2.64. The number of aliphatic hydroxyl groups is 1. The molecule has 0 radical (unpaired) electrons. The first-order valence-corrected chi connectivity index (χ1v) is 15.8. The molecule has 1 aliphatic heterocycles. The summed E-state index contributed by atoms with van der Waals surface area (Å²) < 4.78 is 19.7. The highest BCUT2D eigenvalue weighted by molar-refractivity contribution is 5.94. The van der Waals surface area contributed by atoms with Gasteiger partial charge in [0.15, 0.2) is 0 Å². The van der Waals surface area contributed by atoms with Gasteiger partial charge in [0.25, 0.3) is 0 Å². The normalized spacial score (nSPS) is 23.9. The lowest BCUT2D eigenvalue weighted by molar-refractivity contribution is -0.151. The summed E-state index contributed by atoms with van der Waals surface area (Å²) in [6.45, 7) is 4.12. The Morgan fingerprint density at radius 2 is 1.66 bits per heavy atom. The Kier molecular flexibility index (Phi) is 11.7. The van der Waals surface area contributed by atoms with Crippen molar-refractivity contribution in [1.29, 1.82) is 0 Å². The van der Waals surface area contributed by atoms with Crippen molar-refractivity contribution in [3.05, 3.63) is 65.5 Å². The Balaban J connectivity index is 1.65. The minimum absolute atomic E-state index is 0.0825. The number of fused-ring (bicyclic) bond motifs is 1. The van der Waals surface area contributed by atoms with Crippen LogP contribution >= 0.6 is 0 Å². The van der Waals surface area contributed by atoms with E-state index in [0.29, 0.717) is 38.1 Å². The van der Waals surface area contributed by atoms with Crippen molar-refractivity contribution in [2.75, 3.05) is 26.7 Å². The summed E-state index contributed by atoms with van der Waals surface area (Å²) >= 11 is 0. The first-order valence-electron chi connectivity index (χ1n) is 15.8. The summed E-state index contributed by atoms with van der Waals surface area (Å²) in [6, 6.07) is 10.7. The van der Waals surface area contributed by atoms with E-state index in [0.717, 1.165) is 43.4 Å². The van der Waals surface area contributed by atoms with Crippen LogP contribution in [0.15, 0.2) is 48.5 Å². The Labute approximate surface area is 259 Å². The predicted molar refractivity (Wildman–Crippen MR) is 167 cm³/mol. The molecule has 10 heteroatoms. The van der Waals surface area contributed by atoms with Crippen LogP contribution in [0.25, 0.3) is 0 Å². The molecule has 9 nitrogen and oxygen atoms in total. The van der Waals surface area contributed by atoms with Crippen molar-refractivity contribution in [3.63, 3.8) is 0 Å². The van der Waals surface area contributed by atoms with E-state index in [2.05, 4.69) is 16.0 Å². The summed E-state index contributed by atoms with van der Waals surface area (Å²) in [6.07, 6.45) is 6.39. The van der Waals surface area contributed by atoms with Crippen molar-refractivity contribution in [3.8, 4) is 5.75 Å². The van der Waals surface area contributed by atoms with Gasteiger partial charge in [-0.15, -0.1) is 0 Å². The van der Waals surface area contributed by atoms with Crippen LogP contribution in [0.5, 0.6) is 5.75 Å². The second kappa shape index (κ2) is 15.5. The topological polar surface area (TPSA) is 120 Å². The third-order valence-corrected chi connectivity index (χ3v) is 8.64. The molecule has 3 atom stereocenters. The molecule has 2 aliphatic rings. The SMILES string of the molecule is CN1C(=O)[C@H](C2CCCCC2)NCCOc2ccccc2CCCNC(=O)[C@@H](Cc2ccc(F)cc2)NC(=O)[C@@H]1C(C)(C)O. The monoisotopic (exact) mass is 610 g/mol. The zero-order chi connectivity index (χ0) is 31.7. The molecular formula is C34H47FN4O5. The molecule has 1 heterocycles. The van der Waals surface area contributed by atoms with Crippen LogP contribution in [-0.4, -0.2) is 78.2 Å². The van der Waals surface area contributed by atoms with Crippen molar-refractivity contribution >= 4 is 17.7 Å². The smallest absolute Gasteiger partial charge is 0.246 e. The molecule has 44 heavy (non-hydrogen) atoms. The Morgan fingerprint density at radius 3 is 2.36 bits per heavy atom. The largest absolute Gasteiger partial charge is 0.492 e. The number of carbonyl (C=O) groups is 3. The fraction of sp³-hybridized carbons (Fsp3) is 0.559. The van der Waals surface area contributed by atoms with Crippen molar-refractivity contribution < 1.29 is 28.6 Å². The minimum Gasteiger partial charge on any atom is -0.492 e. The number of aryl methyl sites for hydroxylation is 1. The highest BCUT2D eigenvalue weighted by atomic mass is 19.1.